The molecule has 9 aliphatic rings. The standard InChI is InChI=1S/C89H83NO2/c1-81(2,3)42-19-25-48-50(31-42)75-71-67(89(75)64-28-22-43(82(4,5)6)32-56(64)72(48)89)39-53-49-37-51-54(79(91)76-59-35-46(85(13,14)15)23-29-65(59)87(76)62-26-20-44(83(7,8)9)33-57(62)73(51)87)40-68(49)90-69-41-55-52(38-61(69)70(71)78(53)90)74-58-34-45(84(10,11)12)21-27-63(58)88(74)66-30-24-47(86(16,17)18)36-60(66)77(88)80(55)92/h19-41,72-77H,1-18H3. The molecule has 0 bridgehead atoms. The summed E-state index contributed by atoms with van der Waals surface area (Å²) >= 11 is 0. The minimum atomic E-state index is -0.434. The maximum absolute atomic E-state index is 16.5. The molecule has 0 fully saturated rings. The Morgan fingerprint density at radius 1 is 0.283 bits per heavy atom. The van der Waals surface area contributed by atoms with Gasteiger partial charge in [0.05, 0.1) is 28.4 Å². The quantitative estimate of drug-likeness (QED) is 0.152. The fourth-order valence-corrected chi connectivity index (χ4v) is 21.5. The van der Waals surface area contributed by atoms with E-state index in [0.29, 0.717) is 0 Å². The Balaban J connectivity index is 0.907. The van der Waals surface area contributed by atoms with Crippen molar-refractivity contribution in [3.63, 3.8) is 0 Å². The maximum atomic E-state index is 16.5. The number of aromatic nitrogens is 1. The van der Waals surface area contributed by atoms with E-state index in [9.17, 15) is 0 Å². The molecule has 2 heterocycles. The smallest absolute Gasteiger partial charge is 0.171 e. The Morgan fingerprint density at radius 2 is 0.598 bits per heavy atom. The number of fused-ring (bicyclic) bond motifs is 26. The van der Waals surface area contributed by atoms with E-state index in [-0.39, 0.29) is 85.0 Å². The van der Waals surface area contributed by atoms with Gasteiger partial charge in [-0.25, -0.2) is 0 Å². The van der Waals surface area contributed by atoms with Crippen LogP contribution < -0.4 is 0 Å². The first-order valence-electron chi connectivity index (χ1n) is 34.6. The lowest BCUT2D eigenvalue weighted by Gasteiger charge is -2.65. The summed E-state index contributed by atoms with van der Waals surface area (Å²) in [5.74, 6) is 0.316. The van der Waals surface area contributed by atoms with Crippen molar-refractivity contribution in [2.45, 2.75) is 209 Å². The van der Waals surface area contributed by atoms with Gasteiger partial charge in [0.1, 0.15) is 0 Å². The number of Topliss-reactive ketones (excluding diaryl/α,β-unsaturated/α-hetero) is 2. The molecule has 456 valence electrons. The fourth-order valence-electron chi connectivity index (χ4n) is 21.5. The lowest BCUT2D eigenvalue weighted by Crippen LogP contribution is -2.61. The number of ketones is 2. The minimum absolute atomic E-state index is 0.00643. The van der Waals surface area contributed by atoms with Crippen LogP contribution >= 0.6 is 0 Å². The van der Waals surface area contributed by atoms with Crippen molar-refractivity contribution in [3.8, 4) is 0 Å². The van der Waals surface area contributed by atoms with Crippen LogP contribution in [0.25, 0.3) is 38.1 Å². The van der Waals surface area contributed by atoms with E-state index in [1.165, 1.54) is 149 Å². The van der Waals surface area contributed by atoms with Gasteiger partial charge in [0.2, 0.25) is 0 Å². The van der Waals surface area contributed by atoms with Crippen LogP contribution in [-0.2, 0) is 48.7 Å². The average Bonchev–Trinajstić information content (AvgIpc) is 1.15. The third kappa shape index (κ3) is 5.77. The van der Waals surface area contributed by atoms with Crippen molar-refractivity contribution in [1.82, 2.24) is 4.40 Å². The lowest BCUT2D eigenvalue weighted by atomic mass is 9.36. The second-order valence-electron chi connectivity index (χ2n) is 36.6. The first kappa shape index (κ1) is 54.7. The molecule has 9 atom stereocenters. The molecular weight excluding hydrogens is 1110 g/mol. The zero-order valence-corrected chi connectivity index (χ0v) is 57.0. The summed E-state index contributed by atoms with van der Waals surface area (Å²) in [6.07, 6.45) is 0. The van der Waals surface area contributed by atoms with Gasteiger partial charge in [-0.2, -0.15) is 0 Å². The van der Waals surface area contributed by atoms with Gasteiger partial charge in [0, 0.05) is 72.6 Å². The summed E-state index contributed by atoms with van der Waals surface area (Å²) in [5, 5.41) is 5.02. The van der Waals surface area contributed by atoms with Gasteiger partial charge in [-0.3, -0.25) is 9.59 Å². The normalized spacial score (nSPS) is 26.1. The molecule has 92 heavy (non-hydrogen) atoms. The molecule has 20 rings (SSSR count). The molecule has 3 nitrogen and oxygen atoms in total. The van der Waals surface area contributed by atoms with E-state index < -0.39 is 10.8 Å². The third-order valence-corrected chi connectivity index (χ3v) is 26.0. The van der Waals surface area contributed by atoms with Crippen LogP contribution in [0.2, 0.25) is 0 Å². The van der Waals surface area contributed by atoms with Crippen LogP contribution in [-0.4, -0.2) is 16.0 Å². The molecule has 0 aliphatic heterocycles. The Hall–Kier alpha value is -7.88. The zero-order valence-electron chi connectivity index (χ0n) is 57.0. The zero-order chi connectivity index (χ0) is 63.9. The van der Waals surface area contributed by atoms with Crippen molar-refractivity contribution >= 4 is 49.7 Å². The van der Waals surface area contributed by atoms with Crippen molar-refractivity contribution in [1.29, 1.82) is 0 Å². The maximum Gasteiger partial charge on any atom is 0.171 e. The topological polar surface area (TPSA) is 38.5 Å². The van der Waals surface area contributed by atoms with Crippen molar-refractivity contribution in [2.24, 2.45) is 0 Å². The molecular formula is C89H83NO2. The van der Waals surface area contributed by atoms with Crippen LogP contribution in [0.4, 0.5) is 0 Å². The molecule has 9 unspecified atom stereocenters. The molecule has 0 N–H and O–H groups in total. The van der Waals surface area contributed by atoms with Gasteiger partial charge in [-0.15, -0.1) is 0 Å². The summed E-state index contributed by atoms with van der Waals surface area (Å²) in [5.41, 5.74) is 33.3. The van der Waals surface area contributed by atoms with Gasteiger partial charge in [0.15, 0.2) is 11.6 Å². The number of hydrogen-bond acceptors (Lipinski definition) is 2. The van der Waals surface area contributed by atoms with Crippen LogP contribution in [0.15, 0.2) is 140 Å². The molecule has 9 aliphatic carbocycles. The van der Waals surface area contributed by atoms with Gasteiger partial charge >= 0.3 is 0 Å². The van der Waals surface area contributed by atoms with E-state index in [1.54, 1.807) is 0 Å². The predicted molar refractivity (Wildman–Crippen MR) is 376 cm³/mol. The highest BCUT2D eigenvalue weighted by Crippen LogP contribution is 2.81. The van der Waals surface area contributed by atoms with Crippen LogP contribution in [0.3, 0.4) is 0 Å². The van der Waals surface area contributed by atoms with E-state index in [0.717, 1.165) is 22.2 Å². The number of carbonyl (C=O) groups is 2. The first-order chi connectivity index (χ1) is 43.2. The molecule has 0 saturated carbocycles. The average molecular weight is 1200 g/mol. The molecule has 0 amide bonds. The molecule has 9 aromatic carbocycles. The molecule has 11 aromatic rings. The van der Waals surface area contributed by atoms with Crippen molar-refractivity contribution in [2.75, 3.05) is 0 Å². The van der Waals surface area contributed by atoms with Crippen molar-refractivity contribution in [3.05, 3.63) is 273 Å². The van der Waals surface area contributed by atoms with Crippen LogP contribution in [0, 0.1) is 0 Å². The predicted octanol–water partition coefficient (Wildman–Crippen LogP) is 21.0. The second-order valence-corrected chi connectivity index (χ2v) is 36.6. The summed E-state index contributed by atoms with van der Waals surface area (Å²) in [6.45, 7) is 41.9. The van der Waals surface area contributed by atoms with E-state index >= 15 is 9.59 Å². The highest BCUT2D eigenvalue weighted by molar-refractivity contribution is 6.28. The van der Waals surface area contributed by atoms with E-state index in [4.69, 9.17) is 0 Å². The Kier molecular flexibility index (Phi) is 9.31. The monoisotopic (exact) mass is 1200 g/mol. The highest BCUT2D eigenvalue weighted by atomic mass is 16.1. The van der Waals surface area contributed by atoms with E-state index in [1.807, 2.05) is 0 Å². The van der Waals surface area contributed by atoms with Gasteiger partial charge in [0.25, 0.3) is 0 Å². The number of carbonyl (C=O) groups excluding carboxylic acids is 2. The third-order valence-electron chi connectivity index (χ3n) is 26.0. The Labute approximate surface area is 542 Å². The number of nitrogens with zero attached hydrogens (tertiary/aromatic N) is 1. The molecule has 2 aromatic heterocycles. The van der Waals surface area contributed by atoms with Gasteiger partial charge in [-0.05, 0) is 185 Å². The fraction of sp³-hybridized carbons (Fsp3) is 0.371. The van der Waals surface area contributed by atoms with Gasteiger partial charge < -0.3 is 4.40 Å². The Morgan fingerprint density at radius 3 is 0.978 bits per heavy atom. The Bertz CT molecular complexity index is 5440. The van der Waals surface area contributed by atoms with Crippen LogP contribution in [0.1, 0.15) is 303 Å². The largest absolute Gasteiger partial charge is 0.308 e. The second kappa shape index (κ2) is 15.7. The summed E-state index contributed by atoms with van der Waals surface area (Å²) in [6, 6.07) is 56.3. The molecule has 0 saturated heterocycles. The molecule has 3 spiro atoms. The SMILES string of the molecule is CC(C)(C)c1ccc2c(c1)C1C(=O)c3cc4c(cc3C3c5cc(C(C)(C)C)ccc5C213)c1cc2c(c3c5cc6c(cc5n4c13)C(=O)C1c3cc(C(C)(C)C)ccc3C13c1ccc(C(C)(C)C)cc1C63)C1c3cc(C(C)(C)C)ccc3C3c4cc(C(C)(C)C)ccc4C231. The highest BCUT2D eigenvalue weighted by Gasteiger charge is 2.73. The number of hydrogen-bond donors (Lipinski definition) is 0. The van der Waals surface area contributed by atoms with Gasteiger partial charge in [-0.1, -0.05) is 234 Å². The minimum Gasteiger partial charge on any atom is -0.308 e. The number of rotatable bonds is 0. The summed E-state index contributed by atoms with van der Waals surface area (Å²) < 4.78 is 2.56. The lowest BCUT2D eigenvalue weighted by molar-refractivity contribution is 0.0839. The van der Waals surface area contributed by atoms with Crippen molar-refractivity contribution < 1.29 is 9.59 Å². The first-order valence-corrected chi connectivity index (χ1v) is 34.6. The summed E-state index contributed by atoms with van der Waals surface area (Å²) in [7, 11) is 0. The van der Waals surface area contributed by atoms with E-state index in [2.05, 4.69) is 269 Å². The molecule has 0 radical (unpaired) electrons. The number of benzene rings is 9. The summed E-state index contributed by atoms with van der Waals surface area (Å²) in [4.78, 5) is 32.9. The van der Waals surface area contributed by atoms with Crippen LogP contribution in [0.5, 0.6) is 0 Å². The molecule has 3 heteroatoms.